The molecule has 0 spiro atoms. The van der Waals surface area contributed by atoms with E-state index in [1.807, 2.05) is 11.8 Å². The van der Waals surface area contributed by atoms with Crippen molar-refractivity contribution in [3.8, 4) is 0 Å². The molecule has 0 saturated heterocycles. The fraction of sp³-hybridized carbons (Fsp3) is 0.538. The van der Waals surface area contributed by atoms with Gasteiger partial charge in [0.15, 0.2) is 0 Å². The molecule has 90 valence electrons. The number of rotatable bonds is 6. The summed E-state index contributed by atoms with van der Waals surface area (Å²) in [6.45, 7) is 7.76. The lowest BCUT2D eigenvalue weighted by atomic mass is 10.0. The van der Waals surface area contributed by atoms with Crippen molar-refractivity contribution in [3.63, 3.8) is 0 Å². The zero-order valence-electron chi connectivity index (χ0n) is 10.2. The highest BCUT2D eigenvalue weighted by Gasteiger charge is 2.12. The van der Waals surface area contributed by atoms with Crippen LogP contribution < -0.4 is 5.32 Å². The minimum absolute atomic E-state index is 0.262. The van der Waals surface area contributed by atoms with E-state index in [-0.39, 0.29) is 5.54 Å². The Balaban J connectivity index is 2.26. The topological polar surface area (TPSA) is 12.0 Å². The van der Waals surface area contributed by atoms with Gasteiger partial charge >= 0.3 is 0 Å². The van der Waals surface area contributed by atoms with Crippen molar-refractivity contribution in [3.05, 3.63) is 28.7 Å². The quantitative estimate of drug-likeness (QED) is 0.620. The van der Waals surface area contributed by atoms with E-state index in [9.17, 15) is 0 Å². The molecule has 3 heteroatoms. The maximum atomic E-state index is 3.56. The van der Waals surface area contributed by atoms with E-state index < -0.39 is 0 Å². The Kier molecular flexibility index (Phi) is 5.87. The Morgan fingerprint density at radius 3 is 2.75 bits per heavy atom. The van der Waals surface area contributed by atoms with Crippen molar-refractivity contribution < 1.29 is 0 Å². The second-order valence-corrected chi connectivity index (χ2v) is 6.55. The van der Waals surface area contributed by atoms with Crippen LogP contribution in [-0.4, -0.2) is 17.8 Å². The number of halogens is 1. The lowest BCUT2D eigenvalue weighted by Crippen LogP contribution is -2.39. The molecule has 16 heavy (non-hydrogen) atoms. The van der Waals surface area contributed by atoms with Crippen molar-refractivity contribution in [1.29, 1.82) is 0 Å². The summed E-state index contributed by atoms with van der Waals surface area (Å²) in [5.74, 6) is 1.11. The van der Waals surface area contributed by atoms with Crippen LogP contribution in [0.3, 0.4) is 0 Å². The number of hydrogen-bond acceptors (Lipinski definition) is 2. The number of hydrogen-bond donors (Lipinski definition) is 1. The highest BCUT2D eigenvalue weighted by Crippen LogP contribution is 2.21. The summed E-state index contributed by atoms with van der Waals surface area (Å²) in [5.41, 5.74) is 0.262. The van der Waals surface area contributed by atoms with Gasteiger partial charge in [-0.2, -0.15) is 0 Å². The summed E-state index contributed by atoms with van der Waals surface area (Å²) < 4.78 is 1.15. The third-order valence-corrected chi connectivity index (χ3v) is 4.14. The van der Waals surface area contributed by atoms with E-state index in [1.54, 1.807) is 0 Å². The SMILES string of the molecule is CCC(C)(C)NCCSc1cccc(Br)c1. The van der Waals surface area contributed by atoms with E-state index in [4.69, 9.17) is 0 Å². The maximum absolute atomic E-state index is 3.56. The zero-order valence-corrected chi connectivity index (χ0v) is 12.6. The Morgan fingerprint density at radius 1 is 1.38 bits per heavy atom. The second-order valence-electron chi connectivity index (χ2n) is 4.47. The highest BCUT2D eigenvalue weighted by atomic mass is 79.9. The molecular weight excluding hydrogens is 282 g/mol. The minimum atomic E-state index is 0.262. The van der Waals surface area contributed by atoms with Gasteiger partial charge in [-0.05, 0) is 38.5 Å². The minimum Gasteiger partial charge on any atom is -0.311 e. The first-order chi connectivity index (χ1) is 7.53. The molecule has 0 unspecified atom stereocenters. The van der Waals surface area contributed by atoms with Gasteiger partial charge in [0, 0.05) is 27.2 Å². The first-order valence-corrected chi connectivity index (χ1v) is 7.45. The van der Waals surface area contributed by atoms with E-state index in [0.29, 0.717) is 0 Å². The van der Waals surface area contributed by atoms with Crippen LogP contribution in [0.5, 0.6) is 0 Å². The van der Waals surface area contributed by atoms with Crippen molar-refractivity contribution in [2.24, 2.45) is 0 Å². The zero-order chi connectivity index (χ0) is 12.0. The van der Waals surface area contributed by atoms with Crippen molar-refractivity contribution in [2.75, 3.05) is 12.3 Å². The standard InChI is InChI=1S/C13H20BrNS/c1-4-13(2,3)15-8-9-16-12-7-5-6-11(14)10-12/h5-7,10,15H,4,8-9H2,1-3H3. The molecule has 0 aliphatic heterocycles. The number of thioether (sulfide) groups is 1. The Morgan fingerprint density at radius 2 is 2.12 bits per heavy atom. The molecule has 0 bridgehead atoms. The van der Waals surface area contributed by atoms with Crippen LogP contribution in [0.4, 0.5) is 0 Å². The molecule has 0 aromatic heterocycles. The predicted molar refractivity (Wildman–Crippen MR) is 77.2 cm³/mol. The van der Waals surface area contributed by atoms with Gasteiger partial charge < -0.3 is 5.32 Å². The first kappa shape index (κ1) is 14.1. The fourth-order valence-electron chi connectivity index (χ4n) is 1.24. The van der Waals surface area contributed by atoms with E-state index in [2.05, 4.69) is 66.3 Å². The van der Waals surface area contributed by atoms with Gasteiger partial charge in [0.2, 0.25) is 0 Å². The van der Waals surface area contributed by atoms with Crippen molar-refractivity contribution in [1.82, 2.24) is 5.32 Å². The average Bonchev–Trinajstić information content (AvgIpc) is 2.25. The van der Waals surface area contributed by atoms with Crippen LogP contribution in [0.1, 0.15) is 27.2 Å². The number of benzene rings is 1. The van der Waals surface area contributed by atoms with Crippen LogP contribution in [0.15, 0.2) is 33.6 Å². The number of nitrogens with one attached hydrogen (secondary N) is 1. The van der Waals surface area contributed by atoms with Gasteiger partial charge in [-0.15, -0.1) is 11.8 Å². The molecule has 0 aliphatic rings. The van der Waals surface area contributed by atoms with Crippen LogP contribution in [-0.2, 0) is 0 Å². The molecule has 0 atom stereocenters. The molecule has 0 aliphatic carbocycles. The summed E-state index contributed by atoms with van der Waals surface area (Å²) in [7, 11) is 0. The van der Waals surface area contributed by atoms with Gasteiger partial charge in [-0.3, -0.25) is 0 Å². The molecular formula is C13H20BrNS. The third-order valence-electron chi connectivity index (χ3n) is 2.65. The predicted octanol–water partition coefficient (Wildman–Crippen LogP) is 4.32. The molecule has 0 saturated carbocycles. The Hall–Kier alpha value is 0.01000. The van der Waals surface area contributed by atoms with Crippen molar-refractivity contribution in [2.45, 2.75) is 37.6 Å². The smallest absolute Gasteiger partial charge is 0.0186 e. The molecule has 0 heterocycles. The summed E-state index contributed by atoms with van der Waals surface area (Å²) in [4.78, 5) is 1.32. The lowest BCUT2D eigenvalue weighted by molar-refractivity contribution is 0.388. The third kappa shape index (κ3) is 5.37. The molecule has 1 aromatic carbocycles. The van der Waals surface area contributed by atoms with E-state index in [0.717, 1.165) is 23.2 Å². The normalized spacial score (nSPS) is 11.8. The van der Waals surface area contributed by atoms with Gasteiger partial charge in [-0.25, -0.2) is 0 Å². The Bertz CT molecular complexity index is 325. The molecule has 1 rings (SSSR count). The van der Waals surface area contributed by atoms with Gasteiger partial charge in [-0.1, -0.05) is 28.9 Å². The first-order valence-electron chi connectivity index (χ1n) is 5.67. The molecule has 0 radical (unpaired) electrons. The second kappa shape index (κ2) is 6.67. The lowest BCUT2D eigenvalue weighted by Gasteiger charge is -2.24. The summed E-state index contributed by atoms with van der Waals surface area (Å²) >= 11 is 5.38. The molecule has 0 amide bonds. The monoisotopic (exact) mass is 301 g/mol. The Labute approximate surface area is 112 Å². The van der Waals surface area contributed by atoms with Crippen LogP contribution in [0, 0.1) is 0 Å². The molecule has 0 fully saturated rings. The van der Waals surface area contributed by atoms with E-state index >= 15 is 0 Å². The van der Waals surface area contributed by atoms with Crippen LogP contribution in [0.2, 0.25) is 0 Å². The average molecular weight is 302 g/mol. The summed E-state index contributed by atoms with van der Waals surface area (Å²) in [5, 5.41) is 3.56. The largest absolute Gasteiger partial charge is 0.311 e. The molecule has 1 nitrogen and oxygen atoms in total. The molecule has 1 N–H and O–H groups in total. The highest BCUT2D eigenvalue weighted by molar-refractivity contribution is 9.10. The van der Waals surface area contributed by atoms with E-state index in [1.165, 1.54) is 4.90 Å². The van der Waals surface area contributed by atoms with Crippen LogP contribution >= 0.6 is 27.7 Å². The molecule has 1 aromatic rings. The van der Waals surface area contributed by atoms with Gasteiger partial charge in [0.1, 0.15) is 0 Å². The van der Waals surface area contributed by atoms with Crippen molar-refractivity contribution >= 4 is 27.7 Å². The summed E-state index contributed by atoms with van der Waals surface area (Å²) in [6.07, 6.45) is 1.16. The fourth-order valence-corrected chi connectivity index (χ4v) is 2.62. The summed E-state index contributed by atoms with van der Waals surface area (Å²) in [6, 6.07) is 8.45. The van der Waals surface area contributed by atoms with Crippen LogP contribution in [0.25, 0.3) is 0 Å². The van der Waals surface area contributed by atoms with Gasteiger partial charge in [0.05, 0.1) is 0 Å². The van der Waals surface area contributed by atoms with Gasteiger partial charge in [0.25, 0.3) is 0 Å². The maximum Gasteiger partial charge on any atom is 0.0186 e.